The number of aryl methyl sites for hydroxylation is 1. The van der Waals surface area contributed by atoms with Crippen molar-refractivity contribution in [2.45, 2.75) is 78.5 Å². The lowest BCUT2D eigenvalue weighted by molar-refractivity contribution is 0.120. The van der Waals surface area contributed by atoms with Crippen LogP contribution in [-0.4, -0.2) is 17.1 Å². The van der Waals surface area contributed by atoms with Gasteiger partial charge in [0.05, 0.1) is 6.10 Å². The van der Waals surface area contributed by atoms with Gasteiger partial charge in [0.1, 0.15) is 5.75 Å². The van der Waals surface area contributed by atoms with Crippen molar-refractivity contribution < 1.29 is 4.74 Å². The van der Waals surface area contributed by atoms with Gasteiger partial charge in [0.25, 0.3) is 0 Å². The first-order valence-corrected chi connectivity index (χ1v) is 8.44. The van der Waals surface area contributed by atoms with Crippen LogP contribution < -0.4 is 10.1 Å². The first-order valence-electron chi connectivity index (χ1n) is 8.44. The highest BCUT2D eigenvalue weighted by molar-refractivity contribution is 5.33. The lowest BCUT2D eigenvalue weighted by Crippen LogP contribution is -2.27. The van der Waals surface area contributed by atoms with E-state index < -0.39 is 0 Å². The van der Waals surface area contributed by atoms with E-state index in [1.54, 1.807) is 0 Å². The third-order valence-corrected chi connectivity index (χ3v) is 4.39. The molecule has 118 valence electrons. The van der Waals surface area contributed by atoms with Crippen molar-refractivity contribution in [3.8, 4) is 5.75 Å². The number of hydrogen-bond acceptors (Lipinski definition) is 3. The molecule has 1 aliphatic rings. The summed E-state index contributed by atoms with van der Waals surface area (Å²) in [6.07, 6.45) is 8.67. The summed E-state index contributed by atoms with van der Waals surface area (Å²) in [5.41, 5.74) is 2.20. The van der Waals surface area contributed by atoms with E-state index in [1.807, 2.05) is 13.1 Å². The number of rotatable bonds is 6. The smallest absolute Gasteiger partial charge is 0.127 e. The molecule has 1 fully saturated rings. The molecule has 1 saturated carbocycles. The van der Waals surface area contributed by atoms with Gasteiger partial charge < -0.3 is 10.1 Å². The van der Waals surface area contributed by atoms with Crippen LogP contribution in [0.1, 0.15) is 64.1 Å². The van der Waals surface area contributed by atoms with Crippen molar-refractivity contribution in [3.05, 3.63) is 23.5 Å². The van der Waals surface area contributed by atoms with Gasteiger partial charge in [-0.05, 0) is 32.1 Å². The fourth-order valence-corrected chi connectivity index (χ4v) is 3.02. The second-order valence-electron chi connectivity index (χ2n) is 6.65. The van der Waals surface area contributed by atoms with E-state index in [1.165, 1.54) is 37.7 Å². The Balaban J connectivity index is 2.04. The van der Waals surface area contributed by atoms with Gasteiger partial charge in [0, 0.05) is 36.1 Å². The molecule has 1 heterocycles. The predicted octanol–water partition coefficient (Wildman–Crippen LogP) is 4.24. The Labute approximate surface area is 129 Å². The third kappa shape index (κ3) is 4.99. The normalized spacial score (nSPS) is 22.5. The van der Waals surface area contributed by atoms with E-state index >= 15 is 0 Å². The van der Waals surface area contributed by atoms with Crippen LogP contribution in [0.15, 0.2) is 12.3 Å². The van der Waals surface area contributed by atoms with E-state index in [0.29, 0.717) is 12.1 Å². The van der Waals surface area contributed by atoms with E-state index in [9.17, 15) is 0 Å². The minimum Gasteiger partial charge on any atom is -0.490 e. The molecular weight excluding hydrogens is 260 g/mol. The largest absolute Gasteiger partial charge is 0.490 e. The van der Waals surface area contributed by atoms with Crippen molar-refractivity contribution in [2.75, 3.05) is 0 Å². The summed E-state index contributed by atoms with van der Waals surface area (Å²) in [5, 5.41) is 3.46. The molecule has 3 nitrogen and oxygen atoms in total. The Bertz CT molecular complexity index is 445. The van der Waals surface area contributed by atoms with Gasteiger partial charge in [-0.3, -0.25) is 4.98 Å². The molecule has 0 saturated heterocycles. The molecule has 1 aromatic heterocycles. The first kappa shape index (κ1) is 16.3. The van der Waals surface area contributed by atoms with E-state index in [4.69, 9.17) is 4.74 Å². The van der Waals surface area contributed by atoms with E-state index in [2.05, 4.69) is 37.1 Å². The van der Waals surface area contributed by atoms with Crippen molar-refractivity contribution in [1.29, 1.82) is 0 Å². The van der Waals surface area contributed by atoms with Gasteiger partial charge in [-0.2, -0.15) is 0 Å². The minimum atomic E-state index is 0.378. The summed E-state index contributed by atoms with van der Waals surface area (Å²) in [4.78, 5) is 4.42. The summed E-state index contributed by atoms with van der Waals surface area (Å²) in [6.45, 7) is 9.47. The van der Waals surface area contributed by atoms with Gasteiger partial charge in [-0.1, -0.05) is 33.6 Å². The Morgan fingerprint density at radius 1 is 1.38 bits per heavy atom. The molecule has 0 spiro atoms. The quantitative estimate of drug-likeness (QED) is 0.851. The van der Waals surface area contributed by atoms with Crippen molar-refractivity contribution in [2.24, 2.45) is 5.92 Å². The van der Waals surface area contributed by atoms with Gasteiger partial charge in [0.2, 0.25) is 0 Å². The Kier molecular flexibility index (Phi) is 6.04. The fraction of sp³-hybridized carbons (Fsp3) is 0.722. The summed E-state index contributed by atoms with van der Waals surface area (Å²) in [5.74, 6) is 1.86. The average Bonchev–Trinajstić information content (AvgIpc) is 2.46. The number of hydrogen-bond donors (Lipinski definition) is 1. The summed E-state index contributed by atoms with van der Waals surface area (Å²) >= 11 is 0. The molecule has 1 N–H and O–H groups in total. The Hall–Kier alpha value is -1.09. The lowest BCUT2D eigenvalue weighted by Gasteiger charge is -2.29. The topological polar surface area (TPSA) is 34.1 Å². The van der Waals surface area contributed by atoms with Crippen LogP contribution in [0.4, 0.5) is 0 Å². The summed E-state index contributed by atoms with van der Waals surface area (Å²) < 4.78 is 6.35. The molecule has 0 amide bonds. The summed E-state index contributed by atoms with van der Waals surface area (Å²) in [6, 6.07) is 2.56. The minimum absolute atomic E-state index is 0.378. The van der Waals surface area contributed by atoms with Gasteiger partial charge >= 0.3 is 0 Å². The van der Waals surface area contributed by atoms with Crippen molar-refractivity contribution >= 4 is 0 Å². The number of nitrogens with one attached hydrogen (secondary N) is 1. The molecule has 1 aliphatic carbocycles. The second-order valence-corrected chi connectivity index (χ2v) is 6.65. The van der Waals surface area contributed by atoms with E-state index in [0.717, 1.165) is 23.9 Å². The molecule has 0 aromatic carbocycles. The number of nitrogens with zero attached hydrogens (tertiary/aromatic N) is 1. The van der Waals surface area contributed by atoms with E-state index in [-0.39, 0.29) is 0 Å². The SMILES string of the molecule is CCC1CCCC(Oc2cc(C)ncc2CNC(C)C)C1. The monoisotopic (exact) mass is 290 g/mol. The molecule has 0 radical (unpaired) electrons. The molecule has 21 heavy (non-hydrogen) atoms. The highest BCUT2D eigenvalue weighted by Crippen LogP contribution is 2.31. The van der Waals surface area contributed by atoms with Crippen LogP contribution in [0.3, 0.4) is 0 Å². The lowest BCUT2D eigenvalue weighted by atomic mass is 9.85. The zero-order chi connectivity index (χ0) is 15.2. The maximum Gasteiger partial charge on any atom is 0.127 e. The maximum atomic E-state index is 6.35. The van der Waals surface area contributed by atoms with Crippen LogP contribution in [-0.2, 0) is 6.54 Å². The molecule has 1 aromatic rings. The maximum absolute atomic E-state index is 6.35. The molecule has 2 unspecified atom stereocenters. The van der Waals surface area contributed by atoms with Gasteiger partial charge in [0.15, 0.2) is 0 Å². The highest BCUT2D eigenvalue weighted by atomic mass is 16.5. The molecule has 0 aliphatic heterocycles. The summed E-state index contributed by atoms with van der Waals surface area (Å²) in [7, 11) is 0. The van der Waals surface area contributed by atoms with Crippen LogP contribution in [0.5, 0.6) is 5.75 Å². The molecule has 3 heteroatoms. The average molecular weight is 290 g/mol. The molecular formula is C18H30N2O. The van der Waals surface area contributed by atoms with Crippen LogP contribution in [0, 0.1) is 12.8 Å². The molecule has 0 bridgehead atoms. The fourth-order valence-electron chi connectivity index (χ4n) is 3.02. The number of aromatic nitrogens is 1. The zero-order valence-electron chi connectivity index (χ0n) is 14.0. The number of ether oxygens (including phenoxy) is 1. The Morgan fingerprint density at radius 2 is 2.19 bits per heavy atom. The zero-order valence-corrected chi connectivity index (χ0v) is 14.0. The van der Waals surface area contributed by atoms with Crippen LogP contribution >= 0.6 is 0 Å². The molecule has 2 atom stereocenters. The van der Waals surface area contributed by atoms with Crippen molar-refractivity contribution in [1.82, 2.24) is 10.3 Å². The predicted molar refractivity (Wildman–Crippen MR) is 87.6 cm³/mol. The third-order valence-electron chi connectivity index (χ3n) is 4.39. The second kappa shape index (κ2) is 7.79. The Morgan fingerprint density at radius 3 is 2.90 bits per heavy atom. The van der Waals surface area contributed by atoms with Crippen molar-refractivity contribution in [3.63, 3.8) is 0 Å². The highest BCUT2D eigenvalue weighted by Gasteiger charge is 2.23. The van der Waals surface area contributed by atoms with Gasteiger partial charge in [-0.15, -0.1) is 0 Å². The van der Waals surface area contributed by atoms with Crippen LogP contribution in [0.2, 0.25) is 0 Å². The molecule has 2 rings (SSSR count). The first-order chi connectivity index (χ1) is 10.1. The standard InChI is InChI=1S/C18H30N2O/c1-5-15-7-6-8-17(10-15)21-18-9-14(4)20-12-16(18)11-19-13(2)3/h9,12-13,15,17,19H,5-8,10-11H2,1-4H3. The van der Waals surface area contributed by atoms with Gasteiger partial charge in [-0.25, -0.2) is 0 Å². The number of pyridine rings is 1. The van der Waals surface area contributed by atoms with Crippen LogP contribution in [0.25, 0.3) is 0 Å².